The minimum atomic E-state index is -0.0192. The summed E-state index contributed by atoms with van der Waals surface area (Å²) in [6, 6.07) is 0.120. The SMILES string of the molecule is CCCN1CCN(c2ncnc3sc(C(=O)NC(C)C)c(C)c23)CC1. The van der Waals surface area contributed by atoms with Gasteiger partial charge in [-0.05, 0) is 39.3 Å². The quantitative estimate of drug-likeness (QED) is 0.887. The van der Waals surface area contributed by atoms with Crippen molar-refractivity contribution in [2.45, 2.75) is 40.2 Å². The largest absolute Gasteiger partial charge is 0.353 e. The molecule has 3 heterocycles. The molecule has 3 rings (SSSR count). The molecule has 2 aromatic heterocycles. The van der Waals surface area contributed by atoms with Gasteiger partial charge in [-0.3, -0.25) is 9.69 Å². The van der Waals surface area contributed by atoms with Crippen LogP contribution < -0.4 is 10.2 Å². The van der Waals surface area contributed by atoms with Gasteiger partial charge in [0.15, 0.2) is 0 Å². The zero-order valence-electron chi connectivity index (χ0n) is 15.5. The molecule has 0 bridgehead atoms. The topological polar surface area (TPSA) is 61.4 Å². The van der Waals surface area contributed by atoms with Crippen molar-refractivity contribution in [1.29, 1.82) is 0 Å². The molecule has 1 aliphatic heterocycles. The van der Waals surface area contributed by atoms with Crippen LogP contribution in [0.3, 0.4) is 0 Å². The Labute approximate surface area is 153 Å². The number of nitrogens with zero attached hydrogens (tertiary/aromatic N) is 4. The Balaban J connectivity index is 1.90. The number of piperazine rings is 1. The van der Waals surface area contributed by atoms with Gasteiger partial charge in [0.05, 0.1) is 10.3 Å². The number of fused-ring (bicyclic) bond motifs is 1. The van der Waals surface area contributed by atoms with Crippen LogP contribution in [0.4, 0.5) is 5.82 Å². The highest BCUT2D eigenvalue weighted by Gasteiger charge is 2.24. The summed E-state index contributed by atoms with van der Waals surface area (Å²) in [6.07, 6.45) is 2.81. The average molecular weight is 362 g/mol. The lowest BCUT2D eigenvalue weighted by molar-refractivity contribution is 0.0947. The lowest BCUT2D eigenvalue weighted by Gasteiger charge is -2.35. The van der Waals surface area contributed by atoms with Gasteiger partial charge >= 0.3 is 0 Å². The van der Waals surface area contributed by atoms with Gasteiger partial charge in [-0.2, -0.15) is 0 Å². The van der Waals surface area contributed by atoms with Crippen LogP contribution in [-0.2, 0) is 0 Å². The van der Waals surface area contributed by atoms with E-state index in [0.29, 0.717) is 0 Å². The molecule has 6 nitrogen and oxygen atoms in total. The lowest BCUT2D eigenvalue weighted by Crippen LogP contribution is -2.46. The van der Waals surface area contributed by atoms with Gasteiger partial charge in [-0.15, -0.1) is 11.3 Å². The Kier molecular flexibility index (Phi) is 5.54. The molecule has 25 heavy (non-hydrogen) atoms. The maximum atomic E-state index is 12.5. The summed E-state index contributed by atoms with van der Waals surface area (Å²) in [7, 11) is 0. The zero-order valence-corrected chi connectivity index (χ0v) is 16.3. The number of nitrogens with one attached hydrogen (secondary N) is 1. The number of hydrogen-bond donors (Lipinski definition) is 1. The van der Waals surface area contributed by atoms with E-state index in [-0.39, 0.29) is 11.9 Å². The van der Waals surface area contributed by atoms with E-state index < -0.39 is 0 Å². The highest BCUT2D eigenvalue weighted by atomic mass is 32.1. The first-order chi connectivity index (χ1) is 12.0. The fourth-order valence-corrected chi connectivity index (χ4v) is 4.38. The molecule has 1 aliphatic rings. The molecular weight excluding hydrogens is 334 g/mol. The molecule has 0 radical (unpaired) electrons. The van der Waals surface area contributed by atoms with E-state index in [2.05, 4.69) is 32.0 Å². The van der Waals surface area contributed by atoms with Crippen molar-refractivity contribution in [2.75, 3.05) is 37.6 Å². The average Bonchev–Trinajstić information content (AvgIpc) is 2.93. The van der Waals surface area contributed by atoms with Crippen molar-refractivity contribution < 1.29 is 4.79 Å². The number of carbonyl (C=O) groups is 1. The third-order valence-corrected chi connectivity index (χ3v) is 5.74. The molecule has 1 saturated heterocycles. The second-order valence-electron chi connectivity index (χ2n) is 6.89. The van der Waals surface area contributed by atoms with Crippen LogP contribution in [0.2, 0.25) is 0 Å². The number of carbonyl (C=O) groups excluding carboxylic acids is 1. The van der Waals surface area contributed by atoms with Gasteiger partial charge in [-0.25, -0.2) is 9.97 Å². The van der Waals surface area contributed by atoms with E-state index in [9.17, 15) is 4.79 Å². The Morgan fingerprint density at radius 3 is 2.64 bits per heavy atom. The van der Waals surface area contributed by atoms with E-state index in [4.69, 9.17) is 0 Å². The third kappa shape index (κ3) is 3.77. The predicted octanol–water partition coefficient (Wildman–Crippen LogP) is 2.67. The van der Waals surface area contributed by atoms with E-state index in [1.807, 2.05) is 20.8 Å². The first-order valence-corrected chi connectivity index (χ1v) is 9.85. The van der Waals surface area contributed by atoms with Crippen molar-refractivity contribution >= 4 is 33.3 Å². The van der Waals surface area contributed by atoms with Crippen LogP contribution in [0.15, 0.2) is 6.33 Å². The van der Waals surface area contributed by atoms with Crippen LogP contribution in [0.5, 0.6) is 0 Å². The van der Waals surface area contributed by atoms with Crippen molar-refractivity contribution in [2.24, 2.45) is 0 Å². The first kappa shape index (κ1) is 18.1. The van der Waals surface area contributed by atoms with E-state index in [1.165, 1.54) is 17.8 Å². The maximum absolute atomic E-state index is 12.5. The number of aryl methyl sites for hydroxylation is 1. The second-order valence-corrected chi connectivity index (χ2v) is 7.89. The highest BCUT2D eigenvalue weighted by Crippen LogP contribution is 2.35. The number of rotatable bonds is 5. The summed E-state index contributed by atoms with van der Waals surface area (Å²) in [4.78, 5) is 27.9. The standard InChI is InChI=1S/C18H27N5OS/c1-5-6-22-7-9-23(10-8-22)16-14-13(4)15(17(24)21-12(2)3)25-18(14)20-11-19-16/h11-12H,5-10H2,1-4H3,(H,21,24). The normalized spacial score (nSPS) is 16.0. The van der Waals surface area contributed by atoms with Gasteiger partial charge in [-0.1, -0.05) is 6.92 Å². The monoisotopic (exact) mass is 361 g/mol. The molecule has 0 aromatic carbocycles. The van der Waals surface area contributed by atoms with Crippen LogP contribution in [0, 0.1) is 6.92 Å². The summed E-state index contributed by atoms with van der Waals surface area (Å²) in [6.45, 7) is 13.4. The molecule has 1 N–H and O–H groups in total. The number of hydrogen-bond acceptors (Lipinski definition) is 6. The summed E-state index contributed by atoms with van der Waals surface area (Å²) in [5.41, 5.74) is 0.990. The van der Waals surface area contributed by atoms with Gasteiger partial charge in [0, 0.05) is 32.2 Å². The summed E-state index contributed by atoms with van der Waals surface area (Å²) < 4.78 is 0. The molecule has 1 amide bonds. The number of amides is 1. The molecule has 0 spiro atoms. The van der Waals surface area contributed by atoms with Crippen molar-refractivity contribution in [3.63, 3.8) is 0 Å². The number of thiophene rings is 1. The van der Waals surface area contributed by atoms with Gasteiger partial charge < -0.3 is 10.2 Å². The smallest absolute Gasteiger partial charge is 0.261 e. The molecule has 2 aromatic rings. The van der Waals surface area contributed by atoms with Crippen molar-refractivity contribution in [3.05, 3.63) is 16.8 Å². The van der Waals surface area contributed by atoms with E-state index in [0.717, 1.165) is 59.2 Å². The summed E-state index contributed by atoms with van der Waals surface area (Å²) in [5.74, 6) is 0.952. The fourth-order valence-electron chi connectivity index (χ4n) is 3.34. The molecule has 0 atom stereocenters. The highest BCUT2D eigenvalue weighted by molar-refractivity contribution is 7.20. The maximum Gasteiger partial charge on any atom is 0.261 e. The van der Waals surface area contributed by atoms with Crippen LogP contribution >= 0.6 is 11.3 Å². The number of aromatic nitrogens is 2. The second kappa shape index (κ2) is 7.66. The van der Waals surface area contributed by atoms with Gasteiger partial charge in [0.1, 0.15) is 17.0 Å². The van der Waals surface area contributed by atoms with Crippen LogP contribution in [-0.4, -0.2) is 59.5 Å². The van der Waals surface area contributed by atoms with Crippen molar-refractivity contribution in [1.82, 2.24) is 20.2 Å². The molecule has 0 aliphatic carbocycles. The zero-order chi connectivity index (χ0) is 18.0. The number of anilines is 1. The predicted molar refractivity (Wildman–Crippen MR) is 104 cm³/mol. The Morgan fingerprint density at radius 2 is 2.00 bits per heavy atom. The fraction of sp³-hybridized carbons (Fsp3) is 0.611. The third-order valence-electron chi connectivity index (χ3n) is 4.54. The Hall–Kier alpha value is -1.73. The van der Waals surface area contributed by atoms with Crippen molar-refractivity contribution in [3.8, 4) is 0 Å². The molecule has 7 heteroatoms. The molecule has 0 saturated carbocycles. The van der Waals surface area contributed by atoms with E-state index in [1.54, 1.807) is 6.33 Å². The summed E-state index contributed by atoms with van der Waals surface area (Å²) in [5, 5.41) is 4.02. The van der Waals surface area contributed by atoms with Crippen LogP contribution in [0.1, 0.15) is 42.4 Å². The first-order valence-electron chi connectivity index (χ1n) is 9.03. The van der Waals surface area contributed by atoms with Crippen LogP contribution in [0.25, 0.3) is 10.2 Å². The molecule has 136 valence electrons. The van der Waals surface area contributed by atoms with Gasteiger partial charge in [0.25, 0.3) is 5.91 Å². The molecule has 1 fully saturated rings. The lowest BCUT2D eigenvalue weighted by atomic mass is 10.1. The Morgan fingerprint density at radius 1 is 1.28 bits per heavy atom. The Bertz CT molecular complexity index is 749. The minimum Gasteiger partial charge on any atom is -0.353 e. The van der Waals surface area contributed by atoms with E-state index >= 15 is 0 Å². The minimum absolute atomic E-state index is 0.0192. The summed E-state index contributed by atoms with van der Waals surface area (Å²) >= 11 is 1.46. The van der Waals surface area contributed by atoms with Gasteiger partial charge in [0.2, 0.25) is 0 Å². The molecular formula is C18H27N5OS. The molecule has 0 unspecified atom stereocenters.